The molecule has 0 radical (unpaired) electrons. The third kappa shape index (κ3) is 2.82. The molecule has 1 aromatic heterocycles. The second-order valence-electron chi connectivity index (χ2n) is 4.39. The second-order valence-corrected chi connectivity index (χ2v) is 4.83. The molecule has 106 valence electrons. The van der Waals surface area contributed by atoms with Crippen molar-refractivity contribution in [1.82, 2.24) is 14.8 Å². The Morgan fingerprint density at radius 1 is 1.45 bits per heavy atom. The average molecular weight is 294 g/mol. The first-order valence-electron chi connectivity index (χ1n) is 6.38. The van der Waals surface area contributed by atoms with Crippen LogP contribution in [0.2, 0.25) is 5.02 Å². The largest absolute Gasteiger partial charge is 0.460 e. The fourth-order valence-electron chi connectivity index (χ4n) is 2.08. The number of hydrogen-bond donors (Lipinski definition) is 0. The van der Waals surface area contributed by atoms with E-state index in [1.54, 1.807) is 18.4 Å². The van der Waals surface area contributed by atoms with E-state index >= 15 is 0 Å². The van der Waals surface area contributed by atoms with Gasteiger partial charge < -0.3 is 4.74 Å². The van der Waals surface area contributed by atoms with Crippen LogP contribution in [-0.4, -0.2) is 27.3 Å². The molecule has 0 fully saturated rings. The van der Waals surface area contributed by atoms with Crippen LogP contribution < -0.4 is 0 Å². The molecular formula is C14H16ClN3O2. The van der Waals surface area contributed by atoms with Gasteiger partial charge in [-0.25, -0.2) is 4.79 Å². The molecule has 2 aromatic rings. The van der Waals surface area contributed by atoms with Gasteiger partial charge in [0.1, 0.15) is 5.82 Å². The van der Waals surface area contributed by atoms with Gasteiger partial charge in [-0.15, -0.1) is 10.2 Å². The standard InChI is InChI=1S/C14H16ClN3O2/c1-4-20-14(19)13-17-16-10(3)18(13)9(2)11-6-5-7-12(15)8-11/h5-9H,4H2,1-3H3. The molecule has 1 atom stereocenters. The van der Waals surface area contributed by atoms with Crippen LogP contribution in [0.5, 0.6) is 0 Å². The lowest BCUT2D eigenvalue weighted by Crippen LogP contribution is -2.18. The molecule has 20 heavy (non-hydrogen) atoms. The van der Waals surface area contributed by atoms with Gasteiger partial charge in [0.25, 0.3) is 0 Å². The van der Waals surface area contributed by atoms with Crippen LogP contribution in [0.4, 0.5) is 0 Å². The van der Waals surface area contributed by atoms with Gasteiger partial charge >= 0.3 is 5.97 Å². The maximum atomic E-state index is 11.9. The highest BCUT2D eigenvalue weighted by Gasteiger charge is 2.22. The maximum absolute atomic E-state index is 11.9. The van der Waals surface area contributed by atoms with Crippen molar-refractivity contribution in [3.63, 3.8) is 0 Å². The highest BCUT2D eigenvalue weighted by Crippen LogP contribution is 2.23. The normalized spacial score (nSPS) is 12.2. The summed E-state index contributed by atoms with van der Waals surface area (Å²) in [7, 11) is 0. The Hall–Kier alpha value is -1.88. The minimum absolute atomic E-state index is 0.108. The van der Waals surface area contributed by atoms with Crippen molar-refractivity contribution >= 4 is 17.6 Å². The van der Waals surface area contributed by atoms with E-state index in [1.807, 2.05) is 31.2 Å². The second kappa shape index (κ2) is 6.05. The third-order valence-corrected chi connectivity index (χ3v) is 3.28. The van der Waals surface area contributed by atoms with Gasteiger partial charge in [0.15, 0.2) is 0 Å². The molecule has 0 N–H and O–H groups in total. The van der Waals surface area contributed by atoms with E-state index in [0.29, 0.717) is 17.5 Å². The van der Waals surface area contributed by atoms with Crippen molar-refractivity contribution in [2.75, 3.05) is 6.61 Å². The zero-order chi connectivity index (χ0) is 14.7. The Bertz CT molecular complexity index is 625. The fourth-order valence-corrected chi connectivity index (χ4v) is 2.28. The molecule has 0 saturated heterocycles. The molecular weight excluding hydrogens is 278 g/mol. The summed E-state index contributed by atoms with van der Waals surface area (Å²) in [4.78, 5) is 11.9. The lowest BCUT2D eigenvalue weighted by molar-refractivity contribution is 0.0504. The SMILES string of the molecule is CCOC(=O)c1nnc(C)n1C(C)c1cccc(Cl)c1. The first-order valence-corrected chi connectivity index (χ1v) is 6.76. The smallest absolute Gasteiger partial charge is 0.376 e. The summed E-state index contributed by atoms with van der Waals surface area (Å²) in [6.07, 6.45) is 0. The van der Waals surface area contributed by atoms with E-state index in [0.717, 1.165) is 5.56 Å². The number of halogens is 1. The molecule has 0 saturated carbocycles. The van der Waals surface area contributed by atoms with E-state index in [-0.39, 0.29) is 11.9 Å². The molecule has 2 rings (SSSR count). The Morgan fingerprint density at radius 3 is 2.85 bits per heavy atom. The van der Waals surface area contributed by atoms with E-state index < -0.39 is 5.97 Å². The number of esters is 1. The van der Waals surface area contributed by atoms with E-state index in [1.165, 1.54) is 0 Å². The van der Waals surface area contributed by atoms with Crippen LogP contribution in [-0.2, 0) is 4.74 Å². The highest BCUT2D eigenvalue weighted by atomic mass is 35.5. The molecule has 1 heterocycles. The molecule has 5 nitrogen and oxygen atoms in total. The Labute approximate surface area is 122 Å². The fraction of sp³-hybridized carbons (Fsp3) is 0.357. The Kier molecular flexibility index (Phi) is 4.39. The number of rotatable bonds is 4. The minimum Gasteiger partial charge on any atom is -0.460 e. The molecule has 0 bridgehead atoms. The quantitative estimate of drug-likeness (QED) is 0.813. The molecule has 0 amide bonds. The number of carbonyl (C=O) groups excluding carboxylic acids is 1. The molecule has 0 aliphatic rings. The number of aromatic nitrogens is 3. The van der Waals surface area contributed by atoms with E-state index in [2.05, 4.69) is 10.2 Å². The molecule has 1 unspecified atom stereocenters. The van der Waals surface area contributed by atoms with Gasteiger partial charge in [0.2, 0.25) is 5.82 Å². The van der Waals surface area contributed by atoms with Crippen LogP contribution in [0.25, 0.3) is 0 Å². The van der Waals surface area contributed by atoms with Crippen molar-refractivity contribution in [2.24, 2.45) is 0 Å². The van der Waals surface area contributed by atoms with Gasteiger partial charge in [-0.3, -0.25) is 4.57 Å². The first-order chi connectivity index (χ1) is 9.54. The lowest BCUT2D eigenvalue weighted by atomic mass is 10.1. The summed E-state index contributed by atoms with van der Waals surface area (Å²) in [5.41, 5.74) is 0.978. The number of hydrogen-bond acceptors (Lipinski definition) is 4. The molecule has 0 aliphatic heterocycles. The summed E-state index contributed by atoms with van der Waals surface area (Å²) in [5, 5.41) is 8.53. The monoisotopic (exact) mass is 293 g/mol. The zero-order valence-corrected chi connectivity index (χ0v) is 12.4. The molecule has 0 spiro atoms. The lowest BCUT2D eigenvalue weighted by Gasteiger charge is -2.17. The van der Waals surface area contributed by atoms with Crippen LogP contribution in [0.15, 0.2) is 24.3 Å². The van der Waals surface area contributed by atoms with Gasteiger partial charge in [-0.2, -0.15) is 0 Å². The number of nitrogens with zero attached hydrogens (tertiary/aromatic N) is 3. The van der Waals surface area contributed by atoms with Gasteiger partial charge in [-0.1, -0.05) is 23.7 Å². The van der Waals surface area contributed by atoms with E-state index in [9.17, 15) is 4.79 Å². The summed E-state index contributed by atoms with van der Waals surface area (Å²) in [6.45, 7) is 5.82. The number of benzene rings is 1. The molecule has 0 aliphatic carbocycles. The molecule has 1 aromatic carbocycles. The van der Waals surface area contributed by atoms with Crippen LogP contribution in [0.3, 0.4) is 0 Å². The first kappa shape index (κ1) is 14.5. The average Bonchev–Trinajstić information content (AvgIpc) is 2.80. The van der Waals surface area contributed by atoms with Crippen molar-refractivity contribution in [2.45, 2.75) is 26.8 Å². The van der Waals surface area contributed by atoms with Crippen LogP contribution >= 0.6 is 11.6 Å². The van der Waals surface area contributed by atoms with E-state index in [4.69, 9.17) is 16.3 Å². The van der Waals surface area contributed by atoms with Gasteiger partial charge in [0, 0.05) is 5.02 Å². The van der Waals surface area contributed by atoms with Crippen molar-refractivity contribution in [3.8, 4) is 0 Å². The predicted octanol–water partition coefficient (Wildman–Crippen LogP) is 3.03. The third-order valence-electron chi connectivity index (χ3n) is 3.04. The van der Waals surface area contributed by atoms with Crippen molar-refractivity contribution in [1.29, 1.82) is 0 Å². The summed E-state index contributed by atoms with van der Waals surface area (Å²) < 4.78 is 6.76. The minimum atomic E-state index is -0.470. The summed E-state index contributed by atoms with van der Waals surface area (Å²) in [6, 6.07) is 7.38. The number of ether oxygens (including phenoxy) is 1. The van der Waals surface area contributed by atoms with Crippen molar-refractivity contribution in [3.05, 3.63) is 46.5 Å². The summed E-state index contributed by atoms with van der Waals surface area (Å²) in [5.74, 6) is 0.388. The van der Waals surface area contributed by atoms with Crippen LogP contribution in [0, 0.1) is 6.92 Å². The van der Waals surface area contributed by atoms with Gasteiger partial charge in [0.05, 0.1) is 12.6 Å². The number of aryl methyl sites for hydroxylation is 1. The predicted molar refractivity (Wildman–Crippen MR) is 76.0 cm³/mol. The Balaban J connectivity index is 2.41. The molecule has 6 heteroatoms. The zero-order valence-electron chi connectivity index (χ0n) is 11.6. The summed E-state index contributed by atoms with van der Waals surface area (Å²) >= 11 is 6.01. The van der Waals surface area contributed by atoms with Gasteiger partial charge in [-0.05, 0) is 38.5 Å². The topological polar surface area (TPSA) is 57.0 Å². The maximum Gasteiger partial charge on any atom is 0.376 e. The van der Waals surface area contributed by atoms with Crippen molar-refractivity contribution < 1.29 is 9.53 Å². The highest BCUT2D eigenvalue weighted by molar-refractivity contribution is 6.30. The van der Waals surface area contributed by atoms with Crippen LogP contribution in [0.1, 0.15) is 41.9 Å². The number of carbonyl (C=O) groups is 1. The Morgan fingerprint density at radius 2 is 2.20 bits per heavy atom.